The average molecular weight is 1130 g/mol. The molecular weight excluding hydrogens is 1010 g/mol. The Kier molecular flexibility index (Phi) is 59.3. The zero-order valence-electron chi connectivity index (χ0n) is 53.2. The number of ether oxygens (including phenoxy) is 4. The average Bonchev–Trinajstić information content (AvgIpc) is 3.44. The summed E-state index contributed by atoms with van der Waals surface area (Å²) >= 11 is 0. The summed E-state index contributed by atoms with van der Waals surface area (Å²) < 4.78 is 23.0. The van der Waals surface area contributed by atoms with Gasteiger partial charge in [0.05, 0.1) is 34.4 Å². The number of hydrogen-bond acceptors (Lipinski definition) is 7. The molecule has 2 unspecified atom stereocenters. The molecule has 0 aromatic carbocycles. The van der Waals surface area contributed by atoms with Crippen LogP contribution in [0.3, 0.4) is 0 Å². The first-order valence-electron chi connectivity index (χ1n) is 33.4. The number of allylic oxidation sites excluding steroid dienone is 16. The van der Waals surface area contributed by atoms with E-state index in [9.17, 15) is 19.5 Å². The van der Waals surface area contributed by atoms with Crippen LogP contribution in [0.2, 0.25) is 0 Å². The molecule has 81 heavy (non-hydrogen) atoms. The maximum absolute atomic E-state index is 12.9. The van der Waals surface area contributed by atoms with Gasteiger partial charge in [0.1, 0.15) is 13.2 Å². The molecule has 0 heterocycles. The minimum atomic E-state index is -1.52. The summed E-state index contributed by atoms with van der Waals surface area (Å²) in [6.07, 6.45) is 82.1. The molecule has 0 saturated heterocycles. The molecule has 0 radical (unpaired) electrons. The smallest absolute Gasteiger partial charge is 0.361 e. The molecule has 2 atom stereocenters. The quantitative estimate of drug-likeness (QED) is 0.0211. The van der Waals surface area contributed by atoms with E-state index in [4.69, 9.17) is 18.9 Å². The second-order valence-electron chi connectivity index (χ2n) is 23.4. The summed E-state index contributed by atoms with van der Waals surface area (Å²) in [6.45, 7) is 4.77. The lowest BCUT2D eigenvalue weighted by Gasteiger charge is -2.25. The van der Waals surface area contributed by atoms with Crippen molar-refractivity contribution in [3.8, 4) is 0 Å². The van der Waals surface area contributed by atoms with Crippen LogP contribution in [0.1, 0.15) is 284 Å². The van der Waals surface area contributed by atoms with E-state index in [1.54, 1.807) is 0 Å². The lowest BCUT2D eigenvalue weighted by atomic mass is 10.0. The van der Waals surface area contributed by atoms with Crippen molar-refractivity contribution in [2.45, 2.75) is 296 Å². The van der Waals surface area contributed by atoms with Crippen molar-refractivity contribution in [2.24, 2.45) is 0 Å². The van der Waals surface area contributed by atoms with Gasteiger partial charge >= 0.3 is 17.9 Å². The van der Waals surface area contributed by atoms with Crippen LogP contribution in [0, 0.1) is 0 Å². The van der Waals surface area contributed by atoms with Crippen molar-refractivity contribution < 1.29 is 42.9 Å². The molecule has 0 aliphatic heterocycles. The number of carbonyl (C=O) groups is 3. The summed E-state index contributed by atoms with van der Waals surface area (Å²) in [5.74, 6) is -2.01. The highest BCUT2D eigenvalue weighted by molar-refractivity contribution is 5.71. The van der Waals surface area contributed by atoms with Crippen molar-refractivity contribution in [3.05, 3.63) is 97.2 Å². The Labute approximate surface area is 499 Å². The second kappa shape index (κ2) is 62.3. The van der Waals surface area contributed by atoms with Gasteiger partial charge in [0.2, 0.25) is 0 Å². The number of aliphatic carboxylic acids is 1. The van der Waals surface area contributed by atoms with Crippen molar-refractivity contribution in [3.63, 3.8) is 0 Å². The molecule has 0 spiro atoms. The molecule has 1 N–H and O–H groups in total. The minimum absolute atomic E-state index is 0.183. The van der Waals surface area contributed by atoms with E-state index >= 15 is 0 Å². The van der Waals surface area contributed by atoms with Crippen LogP contribution in [-0.4, -0.2) is 87.4 Å². The number of esters is 2. The first kappa shape index (κ1) is 77.2. The number of hydrogen-bond donors (Lipinski definition) is 1. The fraction of sp³-hybridized carbons (Fsp3) is 0.736. The van der Waals surface area contributed by atoms with Gasteiger partial charge < -0.3 is 28.5 Å². The topological polar surface area (TPSA) is 108 Å². The van der Waals surface area contributed by atoms with Gasteiger partial charge in [-0.15, -0.1) is 0 Å². The summed E-state index contributed by atoms with van der Waals surface area (Å²) in [5, 5.41) is 9.74. The maximum Gasteiger partial charge on any atom is 0.361 e. The van der Waals surface area contributed by atoms with Gasteiger partial charge in [-0.1, -0.05) is 272 Å². The van der Waals surface area contributed by atoms with E-state index in [0.717, 1.165) is 89.9 Å². The van der Waals surface area contributed by atoms with Gasteiger partial charge in [-0.3, -0.25) is 9.59 Å². The SMILES string of the molecule is CC/C=C\C/C=C\C/C=C\C/C=C\C/C=C\C/C=C\CCCCCCCCCCCCC(=O)OC(COC(=O)CCCCCCCCCCCCCCCCC/C=C\C/C=C\CCCCCCC)COC(OCC[N+](C)(C)C)C(=O)O. The van der Waals surface area contributed by atoms with E-state index in [1.165, 1.54) is 161 Å². The van der Waals surface area contributed by atoms with E-state index in [-0.39, 0.29) is 32.2 Å². The zero-order chi connectivity index (χ0) is 59.1. The summed E-state index contributed by atoms with van der Waals surface area (Å²) in [7, 11) is 5.97. The number of carboxylic acids is 1. The van der Waals surface area contributed by atoms with Crippen molar-refractivity contribution >= 4 is 17.9 Å². The first-order valence-corrected chi connectivity index (χ1v) is 33.4. The number of quaternary nitrogens is 1. The number of rotatable bonds is 61. The number of carboxylic acid groups (broad SMARTS) is 1. The molecule has 0 aromatic rings. The molecule has 0 rings (SSSR count). The lowest BCUT2D eigenvalue weighted by molar-refractivity contribution is -0.870. The van der Waals surface area contributed by atoms with Crippen molar-refractivity contribution in [1.82, 2.24) is 0 Å². The Bertz CT molecular complexity index is 1650. The van der Waals surface area contributed by atoms with Crippen LogP contribution >= 0.6 is 0 Å². The Hall–Kier alpha value is -3.79. The maximum atomic E-state index is 12.9. The van der Waals surface area contributed by atoms with Gasteiger partial charge in [-0.2, -0.15) is 0 Å². The molecule has 0 aromatic heterocycles. The minimum Gasteiger partial charge on any atom is -0.477 e. The Morgan fingerprint density at radius 2 is 0.704 bits per heavy atom. The number of likely N-dealkylation sites (N-methyl/N-ethyl adjacent to an activating group) is 1. The van der Waals surface area contributed by atoms with Gasteiger partial charge in [0.25, 0.3) is 6.29 Å². The first-order chi connectivity index (χ1) is 39.6. The highest BCUT2D eigenvalue weighted by atomic mass is 16.7. The normalized spacial score (nSPS) is 13.3. The van der Waals surface area contributed by atoms with Crippen LogP contribution in [0.4, 0.5) is 0 Å². The molecule has 0 fully saturated rings. The van der Waals surface area contributed by atoms with Crippen LogP contribution in [0.5, 0.6) is 0 Å². The molecule has 0 amide bonds. The zero-order valence-corrected chi connectivity index (χ0v) is 53.2. The Morgan fingerprint density at radius 3 is 1.05 bits per heavy atom. The molecular formula is C72H126NO8+. The summed E-state index contributed by atoms with van der Waals surface area (Å²) in [6, 6.07) is 0. The van der Waals surface area contributed by atoms with Gasteiger partial charge in [0, 0.05) is 12.8 Å². The van der Waals surface area contributed by atoms with Gasteiger partial charge in [-0.25, -0.2) is 4.79 Å². The molecule has 0 aliphatic rings. The Balaban J connectivity index is 4.17. The lowest BCUT2D eigenvalue weighted by Crippen LogP contribution is -2.40. The van der Waals surface area contributed by atoms with Gasteiger partial charge in [-0.05, 0) is 96.3 Å². The van der Waals surface area contributed by atoms with Crippen molar-refractivity contribution in [1.29, 1.82) is 0 Å². The third-order valence-corrected chi connectivity index (χ3v) is 14.3. The van der Waals surface area contributed by atoms with E-state index in [2.05, 4.69) is 111 Å². The molecule has 0 bridgehead atoms. The highest BCUT2D eigenvalue weighted by Crippen LogP contribution is 2.17. The molecule has 466 valence electrons. The number of unbranched alkanes of at least 4 members (excludes halogenated alkanes) is 30. The van der Waals surface area contributed by atoms with Crippen molar-refractivity contribution in [2.75, 3.05) is 47.5 Å². The fourth-order valence-corrected chi connectivity index (χ4v) is 9.23. The van der Waals surface area contributed by atoms with E-state index in [0.29, 0.717) is 23.9 Å². The Morgan fingerprint density at radius 1 is 0.383 bits per heavy atom. The summed E-state index contributed by atoms with van der Waals surface area (Å²) in [5.41, 5.74) is 0. The standard InChI is InChI=1S/C72H125NO8/c1-6-8-10-12-14-16-18-20-22-24-26-28-30-32-34-35-37-39-41-43-45-47-49-51-53-55-57-59-61-63-70(75)81-68(67-80-72(71(76)77)78-65-64-73(3,4)5)66-79-69(74)62-60-58-56-54-52-50-48-46-44-42-40-38-36-33-31-29-27-25-23-21-19-17-15-13-11-9-7-2/h8,10,14,16,19-22,25-28,32,34,37,39,68,72H,6-7,9,11-13,15,17-18,23-24,29-31,33,35-36,38,40-67H2,1-5H3/p+1/b10-8-,16-14-,21-19-,22-20-,27-25-,28-26-,34-32-,39-37-. The van der Waals surface area contributed by atoms with Crippen LogP contribution in [0.15, 0.2) is 97.2 Å². The summed E-state index contributed by atoms with van der Waals surface area (Å²) in [4.78, 5) is 37.6. The predicted molar refractivity (Wildman–Crippen MR) is 345 cm³/mol. The van der Waals surface area contributed by atoms with E-state index < -0.39 is 24.3 Å². The monoisotopic (exact) mass is 1130 g/mol. The fourth-order valence-electron chi connectivity index (χ4n) is 9.23. The number of carbonyl (C=O) groups excluding carboxylic acids is 2. The highest BCUT2D eigenvalue weighted by Gasteiger charge is 2.25. The molecule has 0 aliphatic carbocycles. The third kappa shape index (κ3) is 63.6. The largest absolute Gasteiger partial charge is 0.477 e. The third-order valence-electron chi connectivity index (χ3n) is 14.3. The molecule has 9 nitrogen and oxygen atoms in total. The van der Waals surface area contributed by atoms with Crippen LogP contribution in [0.25, 0.3) is 0 Å². The van der Waals surface area contributed by atoms with Crippen LogP contribution < -0.4 is 0 Å². The van der Waals surface area contributed by atoms with Gasteiger partial charge in [0.15, 0.2) is 6.10 Å². The second-order valence-corrected chi connectivity index (χ2v) is 23.4. The predicted octanol–water partition coefficient (Wildman–Crippen LogP) is 20.5. The number of nitrogens with zero attached hydrogens (tertiary/aromatic N) is 1. The van der Waals surface area contributed by atoms with Crippen LogP contribution in [-0.2, 0) is 33.3 Å². The molecule has 9 heteroatoms. The molecule has 0 saturated carbocycles. The van der Waals surface area contributed by atoms with E-state index in [1.807, 2.05) is 21.1 Å².